The van der Waals surface area contributed by atoms with Crippen molar-refractivity contribution in [3.63, 3.8) is 0 Å². The van der Waals surface area contributed by atoms with Crippen molar-refractivity contribution in [2.75, 3.05) is 0 Å². The number of fused-ring (bicyclic) bond motifs is 1. The van der Waals surface area contributed by atoms with Crippen LogP contribution in [0, 0.1) is 0 Å². The number of hydrogen-bond acceptors (Lipinski definition) is 0. The van der Waals surface area contributed by atoms with E-state index in [0.717, 1.165) is 11.0 Å². The number of rotatable bonds is 5. The summed E-state index contributed by atoms with van der Waals surface area (Å²) in [6.07, 6.45) is 5.20. The number of hydrogen-bond donors (Lipinski definition) is 0. The van der Waals surface area contributed by atoms with E-state index >= 15 is 0 Å². The van der Waals surface area contributed by atoms with Gasteiger partial charge >= 0.3 is 0 Å². The summed E-state index contributed by atoms with van der Waals surface area (Å²) in [5, 5.41) is 1.29. The largest absolute Gasteiger partial charge is 0.335 e. The number of nitrogens with zero attached hydrogens (tertiary/aromatic N) is 1. The van der Waals surface area contributed by atoms with E-state index in [1.807, 2.05) is 0 Å². The summed E-state index contributed by atoms with van der Waals surface area (Å²) in [5.74, 6) is 0. The highest BCUT2D eigenvalue weighted by Gasteiger charge is 2.06. The maximum Gasteiger partial charge on any atom is 0.0857 e. The highest BCUT2D eigenvalue weighted by Crippen LogP contribution is 2.27. The van der Waals surface area contributed by atoms with Gasteiger partial charge in [0.1, 0.15) is 0 Å². The van der Waals surface area contributed by atoms with Gasteiger partial charge in [-0.1, -0.05) is 42.1 Å². The molecule has 0 bridgehead atoms. The lowest BCUT2D eigenvalue weighted by Crippen LogP contribution is -1.97. The van der Waals surface area contributed by atoms with E-state index in [9.17, 15) is 0 Å². The second kappa shape index (κ2) is 6.05. The molecular formula is C14H17Br2N. The molecule has 92 valence electrons. The zero-order valence-corrected chi connectivity index (χ0v) is 13.2. The molecule has 0 saturated heterocycles. The monoisotopic (exact) mass is 357 g/mol. The summed E-state index contributed by atoms with van der Waals surface area (Å²) < 4.78 is 4.68. The first-order valence-electron chi connectivity index (χ1n) is 6.16. The topological polar surface area (TPSA) is 4.93 Å². The molecular weight excluding hydrogens is 342 g/mol. The van der Waals surface area contributed by atoms with Crippen molar-refractivity contribution in [3.8, 4) is 0 Å². The lowest BCUT2D eigenvalue weighted by molar-refractivity contribution is 0.588. The van der Waals surface area contributed by atoms with Crippen molar-refractivity contribution in [1.82, 2.24) is 4.57 Å². The molecule has 0 N–H and O–H groups in total. The minimum atomic E-state index is 1.10. The van der Waals surface area contributed by atoms with Gasteiger partial charge in [-0.2, -0.15) is 0 Å². The van der Waals surface area contributed by atoms with Crippen LogP contribution in [-0.2, 0) is 6.54 Å². The zero-order valence-electron chi connectivity index (χ0n) is 10.0. The first-order chi connectivity index (χ1) is 8.22. The molecule has 1 aromatic carbocycles. The highest BCUT2D eigenvalue weighted by molar-refractivity contribution is 9.10. The predicted molar refractivity (Wildman–Crippen MR) is 81.5 cm³/mol. The van der Waals surface area contributed by atoms with Crippen LogP contribution in [-0.4, -0.2) is 4.57 Å². The summed E-state index contributed by atoms with van der Waals surface area (Å²) >= 11 is 7.17. The highest BCUT2D eigenvalue weighted by atomic mass is 79.9. The second-order valence-electron chi connectivity index (χ2n) is 4.38. The van der Waals surface area contributed by atoms with Gasteiger partial charge < -0.3 is 4.57 Å². The van der Waals surface area contributed by atoms with Gasteiger partial charge in [0, 0.05) is 21.9 Å². The van der Waals surface area contributed by atoms with Gasteiger partial charge in [0.25, 0.3) is 0 Å². The smallest absolute Gasteiger partial charge is 0.0857 e. The molecule has 1 aromatic heterocycles. The van der Waals surface area contributed by atoms with Crippen LogP contribution in [0.3, 0.4) is 0 Å². The maximum atomic E-state index is 3.65. The third-order valence-corrected chi connectivity index (χ3v) is 4.20. The summed E-state index contributed by atoms with van der Waals surface area (Å²) in [6, 6.07) is 8.66. The van der Waals surface area contributed by atoms with Crippen molar-refractivity contribution >= 4 is 42.8 Å². The molecule has 1 heterocycles. The van der Waals surface area contributed by atoms with Crippen molar-refractivity contribution in [2.45, 2.75) is 39.2 Å². The van der Waals surface area contributed by atoms with E-state index in [2.05, 4.69) is 67.6 Å². The normalized spacial score (nSPS) is 11.2. The van der Waals surface area contributed by atoms with Crippen molar-refractivity contribution in [3.05, 3.63) is 33.3 Å². The Hall–Kier alpha value is -0.280. The molecule has 0 unspecified atom stereocenters. The zero-order chi connectivity index (χ0) is 12.3. The summed E-state index contributed by atoms with van der Waals surface area (Å²) in [7, 11) is 0. The Balaban J connectivity index is 2.18. The van der Waals surface area contributed by atoms with Crippen LogP contribution in [0.15, 0.2) is 33.3 Å². The first kappa shape index (κ1) is 13.2. The average molecular weight is 359 g/mol. The Kier molecular flexibility index (Phi) is 4.69. The molecule has 2 aromatic rings. The molecule has 2 rings (SSSR count). The molecule has 1 nitrogen and oxygen atoms in total. The second-order valence-corrected chi connectivity index (χ2v) is 6.11. The van der Waals surface area contributed by atoms with Crippen LogP contribution in [0.2, 0.25) is 0 Å². The quantitative estimate of drug-likeness (QED) is 0.600. The lowest BCUT2D eigenvalue weighted by atomic mass is 10.2. The fourth-order valence-corrected chi connectivity index (χ4v) is 3.13. The molecule has 0 spiro atoms. The van der Waals surface area contributed by atoms with E-state index in [1.165, 1.54) is 41.2 Å². The fourth-order valence-electron chi connectivity index (χ4n) is 2.13. The van der Waals surface area contributed by atoms with Crippen LogP contribution in [0.5, 0.6) is 0 Å². The average Bonchev–Trinajstić information content (AvgIpc) is 2.60. The Morgan fingerprint density at radius 2 is 1.88 bits per heavy atom. The molecule has 0 aliphatic heterocycles. The molecule has 3 heteroatoms. The van der Waals surface area contributed by atoms with Gasteiger partial charge in [0.2, 0.25) is 0 Å². The van der Waals surface area contributed by atoms with Crippen molar-refractivity contribution < 1.29 is 0 Å². The molecule has 0 aliphatic carbocycles. The van der Waals surface area contributed by atoms with Gasteiger partial charge in [0.15, 0.2) is 0 Å². The van der Waals surface area contributed by atoms with Crippen LogP contribution >= 0.6 is 31.9 Å². The number of aryl methyl sites for hydroxylation is 1. The minimum Gasteiger partial charge on any atom is -0.335 e. The molecule has 0 fully saturated rings. The van der Waals surface area contributed by atoms with Gasteiger partial charge in [-0.3, -0.25) is 0 Å². The minimum absolute atomic E-state index is 1.10. The van der Waals surface area contributed by atoms with Crippen LogP contribution in [0.25, 0.3) is 10.9 Å². The number of halogens is 2. The fraction of sp³-hybridized carbons (Fsp3) is 0.429. The Labute approximate surface area is 119 Å². The molecule has 0 aliphatic rings. The molecule has 0 atom stereocenters. The van der Waals surface area contributed by atoms with Gasteiger partial charge in [-0.15, -0.1) is 0 Å². The van der Waals surface area contributed by atoms with E-state index in [0.29, 0.717) is 0 Å². The van der Waals surface area contributed by atoms with Crippen LogP contribution in [0.4, 0.5) is 0 Å². The van der Waals surface area contributed by atoms with Gasteiger partial charge in [-0.25, -0.2) is 0 Å². The Bertz CT molecular complexity index is 502. The van der Waals surface area contributed by atoms with Crippen molar-refractivity contribution in [1.29, 1.82) is 0 Å². The molecule has 17 heavy (non-hydrogen) atoms. The third kappa shape index (κ3) is 3.14. The predicted octanol–water partition coefficient (Wildman–Crippen LogP) is 5.75. The Morgan fingerprint density at radius 3 is 2.65 bits per heavy atom. The number of aromatic nitrogens is 1. The van der Waals surface area contributed by atoms with Gasteiger partial charge in [-0.05, 0) is 46.6 Å². The summed E-state index contributed by atoms with van der Waals surface area (Å²) in [4.78, 5) is 0. The van der Waals surface area contributed by atoms with Crippen LogP contribution < -0.4 is 0 Å². The van der Waals surface area contributed by atoms with Gasteiger partial charge in [0.05, 0.1) is 4.60 Å². The Morgan fingerprint density at radius 1 is 1.06 bits per heavy atom. The summed E-state index contributed by atoms with van der Waals surface area (Å²) in [5.41, 5.74) is 1.32. The number of unbranched alkanes of at least 4 members (excludes halogenated alkanes) is 3. The number of benzene rings is 1. The summed E-state index contributed by atoms with van der Waals surface area (Å²) in [6.45, 7) is 3.35. The lowest BCUT2D eigenvalue weighted by Gasteiger charge is -2.07. The standard InChI is InChI=1S/C14H17Br2N/c1-2-3-4-5-8-17-13-7-6-12(15)9-11(13)10-14(17)16/h6-7,9-10H,2-5,8H2,1H3. The molecule has 0 saturated carbocycles. The third-order valence-electron chi connectivity index (χ3n) is 3.05. The first-order valence-corrected chi connectivity index (χ1v) is 7.75. The van der Waals surface area contributed by atoms with Crippen molar-refractivity contribution in [2.24, 2.45) is 0 Å². The SMILES string of the molecule is CCCCCCn1c(Br)cc2cc(Br)ccc21. The van der Waals surface area contributed by atoms with E-state index in [1.54, 1.807) is 0 Å². The van der Waals surface area contributed by atoms with E-state index in [4.69, 9.17) is 0 Å². The molecule has 0 amide bonds. The maximum absolute atomic E-state index is 3.65. The van der Waals surface area contributed by atoms with Crippen LogP contribution in [0.1, 0.15) is 32.6 Å². The van der Waals surface area contributed by atoms with E-state index < -0.39 is 0 Å². The molecule has 0 radical (unpaired) electrons. The van der Waals surface area contributed by atoms with E-state index in [-0.39, 0.29) is 0 Å².